The van der Waals surface area contributed by atoms with Gasteiger partial charge >= 0.3 is 6.09 Å². The highest BCUT2D eigenvalue weighted by Gasteiger charge is 2.45. The maximum Gasteiger partial charge on any atom is 0.410 e. The number of ether oxygens (including phenoxy) is 1. The lowest BCUT2D eigenvalue weighted by molar-refractivity contribution is 0.209. The number of aromatic nitrogens is 2. The first-order valence-corrected chi connectivity index (χ1v) is 12.2. The normalized spacial score (nSPS) is 20.0. The number of hydrogen-bond donors (Lipinski definition) is 4. The van der Waals surface area contributed by atoms with E-state index in [1.165, 1.54) is 31.8 Å². The molecular formula is C26H31FN6O3. The highest BCUT2D eigenvalue weighted by molar-refractivity contribution is 5.99. The van der Waals surface area contributed by atoms with Crippen LogP contribution in [0, 0.1) is 24.6 Å². The van der Waals surface area contributed by atoms with E-state index >= 15 is 0 Å². The molecule has 190 valence electrons. The number of nitrogen functional groups attached to an aromatic ring is 1. The number of pyridine rings is 2. The zero-order valence-electron chi connectivity index (χ0n) is 20.6. The number of nitrogens with two attached hydrogens (primary N) is 1. The Morgan fingerprint density at radius 2 is 2.00 bits per heavy atom. The molecule has 3 aliphatic rings. The molecule has 2 aromatic heterocycles. The van der Waals surface area contributed by atoms with Crippen molar-refractivity contribution in [2.45, 2.75) is 33.2 Å². The van der Waals surface area contributed by atoms with Crippen LogP contribution in [-0.4, -0.2) is 58.4 Å². The third-order valence-electron chi connectivity index (χ3n) is 7.21. The monoisotopic (exact) mass is 494 g/mol. The SMILES string of the molecule is CC(C)N1CC2CC2C1.Cc1c(-c2cc3cc(NC(=O)O)ncc3c(N)c2F)cnc2c1NCCO2. The Morgan fingerprint density at radius 3 is 2.67 bits per heavy atom. The van der Waals surface area contributed by atoms with Gasteiger partial charge in [-0.15, -0.1) is 0 Å². The first kappa shape index (κ1) is 24.1. The van der Waals surface area contributed by atoms with Gasteiger partial charge in [-0.05, 0) is 62.1 Å². The molecule has 3 aromatic rings. The summed E-state index contributed by atoms with van der Waals surface area (Å²) in [6.07, 6.45) is 3.18. The molecule has 2 atom stereocenters. The first-order valence-electron chi connectivity index (χ1n) is 12.2. The second-order valence-corrected chi connectivity index (χ2v) is 9.93. The number of nitrogens with zero attached hydrogens (tertiary/aromatic N) is 3. The van der Waals surface area contributed by atoms with Gasteiger partial charge in [0.05, 0.1) is 5.69 Å². The van der Waals surface area contributed by atoms with E-state index < -0.39 is 11.9 Å². The van der Waals surface area contributed by atoms with E-state index in [4.69, 9.17) is 15.6 Å². The number of fused-ring (bicyclic) bond motifs is 3. The molecule has 10 heteroatoms. The fraction of sp³-hybridized carbons (Fsp3) is 0.423. The molecule has 6 rings (SSSR count). The molecule has 1 aromatic carbocycles. The Bertz CT molecular complexity index is 1320. The van der Waals surface area contributed by atoms with Gasteiger partial charge in [0.15, 0.2) is 5.82 Å². The van der Waals surface area contributed by atoms with E-state index in [2.05, 4.69) is 39.3 Å². The number of amides is 1. The van der Waals surface area contributed by atoms with Crippen molar-refractivity contribution in [1.29, 1.82) is 0 Å². The second kappa shape index (κ2) is 9.42. The first-order chi connectivity index (χ1) is 17.2. The van der Waals surface area contributed by atoms with Gasteiger partial charge in [-0.1, -0.05) is 0 Å². The number of nitrogens with one attached hydrogen (secondary N) is 2. The zero-order valence-corrected chi connectivity index (χ0v) is 20.6. The minimum absolute atomic E-state index is 0.0572. The van der Waals surface area contributed by atoms with Crippen molar-refractivity contribution in [2.75, 3.05) is 42.6 Å². The minimum atomic E-state index is -1.24. The van der Waals surface area contributed by atoms with Crippen LogP contribution in [0.4, 0.5) is 26.4 Å². The summed E-state index contributed by atoms with van der Waals surface area (Å²) in [6, 6.07) is 3.90. The molecule has 5 N–H and O–H groups in total. The Balaban J connectivity index is 0.000000247. The number of carboxylic acid groups (broad SMARTS) is 1. The third kappa shape index (κ3) is 4.60. The van der Waals surface area contributed by atoms with Crippen LogP contribution in [0.25, 0.3) is 21.9 Å². The lowest BCUT2D eigenvalue weighted by atomic mass is 9.97. The second-order valence-electron chi connectivity index (χ2n) is 9.93. The predicted octanol–water partition coefficient (Wildman–Crippen LogP) is 4.57. The number of halogens is 1. The molecule has 4 heterocycles. The lowest BCUT2D eigenvalue weighted by Gasteiger charge is -2.22. The molecule has 2 aliphatic heterocycles. The molecule has 0 radical (unpaired) electrons. The van der Waals surface area contributed by atoms with Gasteiger partial charge in [0.1, 0.15) is 18.1 Å². The fourth-order valence-electron chi connectivity index (χ4n) is 5.02. The van der Waals surface area contributed by atoms with Crippen molar-refractivity contribution >= 4 is 34.1 Å². The maximum atomic E-state index is 15.0. The van der Waals surface area contributed by atoms with Crippen LogP contribution in [0.1, 0.15) is 25.8 Å². The van der Waals surface area contributed by atoms with Crippen LogP contribution < -0.4 is 21.1 Å². The fourth-order valence-corrected chi connectivity index (χ4v) is 5.02. The molecule has 1 amide bonds. The minimum Gasteiger partial charge on any atom is -0.474 e. The zero-order chi connectivity index (χ0) is 25.6. The van der Waals surface area contributed by atoms with Crippen molar-refractivity contribution in [2.24, 2.45) is 11.8 Å². The van der Waals surface area contributed by atoms with Crippen molar-refractivity contribution in [3.8, 4) is 17.0 Å². The number of piperidine rings is 1. The molecule has 36 heavy (non-hydrogen) atoms. The summed E-state index contributed by atoms with van der Waals surface area (Å²) in [5, 5.41) is 15.2. The van der Waals surface area contributed by atoms with Gasteiger partial charge < -0.3 is 25.8 Å². The van der Waals surface area contributed by atoms with Crippen LogP contribution in [0.2, 0.25) is 0 Å². The Labute approximate surface area is 208 Å². The molecule has 9 nitrogen and oxygen atoms in total. The smallest absolute Gasteiger partial charge is 0.410 e. The highest BCUT2D eigenvalue weighted by Crippen LogP contribution is 2.45. The molecule has 2 fully saturated rings. The number of likely N-dealkylation sites (tertiary alicyclic amines) is 1. The van der Waals surface area contributed by atoms with Crippen LogP contribution in [0.3, 0.4) is 0 Å². The molecular weight excluding hydrogens is 463 g/mol. The standard InChI is InChI=1S/C18H16FN5O3.C8H15N/c1-8-11(6-23-17-16(8)21-2-3-27-17)10-4-9-5-13(24-18(25)26)22-7-12(9)15(20)14(10)19;1-6(2)9-4-7-3-8(7)5-9/h4-7,21H,2-3,20H2,1H3,(H,22,24)(H,25,26);6-8H,3-5H2,1-2H3. The summed E-state index contributed by atoms with van der Waals surface area (Å²) in [5.74, 6) is 2.24. The molecule has 1 saturated heterocycles. The number of anilines is 3. The summed E-state index contributed by atoms with van der Waals surface area (Å²) in [6.45, 7) is 10.4. The quantitative estimate of drug-likeness (QED) is 0.390. The number of hydrogen-bond acceptors (Lipinski definition) is 7. The van der Waals surface area contributed by atoms with E-state index in [0.717, 1.165) is 29.1 Å². The third-order valence-corrected chi connectivity index (χ3v) is 7.21. The van der Waals surface area contributed by atoms with Crippen molar-refractivity contribution in [3.63, 3.8) is 0 Å². The average Bonchev–Trinajstić information content (AvgIpc) is 3.46. The van der Waals surface area contributed by atoms with Crippen LogP contribution in [0.5, 0.6) is 5.88 Å². The molecule has 0 bridgehead atoms. The summed E-state index contributed by atoms with van der Waals surface area (Å²) >= 11 is 0. The molecule has 1 aliphatic carbocycles. The van der Waals surface area contributed by atoms with E-state index in [1.807, 2.05) is 6.92 Å². The Morgan fingerprint density at radius 1 is 1.25 bits per heavy atom. The van der Waals surface area contributed by atoms with E-state index in [9.17, 15) is 9.18 Å². The summed E-state index contributed by atoms with van der Waals surface area (Å²) in [5.41, 5.74) is 8.28. The Kier molecular flexibility index (Phi) is 6.29. The molecule has 0 spiro atoms. The number of carbonyl (C=O) groups is 1. The van der Waals surface area contributed by atoms with Crippen LogP contribution in [0.15, 0.2) is 24.5 Å². The van der Waals surface area contributed by atoms with Gasteiger partial charge in [-0.25, -0.2) is 19.2 Å². The van der Waals surface area contributed by atoms with Gasteiger partial charge in [0, 0.05) is 54.6 Å². The summed E-state index contributed by atoms with van der Waals surface area (Å²) < 4.78 is 20.5. The summed E-state index contributed by atoms with van der Waals surface area (Å²) in [4.78, 5) is 21.6. The van der Waals surface area contributed by atoms with Crippen LogP contribution in [-0.2, 0) is 0 Å². The topological polar surface area (TPSA) is 126 Å². The van der Waals surface area contributed by atoms with Gasteiger partial charge in [-0.3, -0.25) is 5.32 Å². The maximum absolute atomic E-state index is 15.0. The molecule has 2 unspecified atom stereocenters. The average molecular weight is 495 g/mol. The van der Waals surface area contributed by atoms with Crippen molar-refractivity contribution < 1.29 is 19.0 Å². The van der Waals surface area contributed by atoms with Gasteiger partial charge in [-0.2, -0.15) is 0 Å². The number of benzene rings is 1. The van der Waals surface area contributed by atoms with Crippen molar-refractivity contribution in [1.82, 2.24) is 14.9 Å². The van der Waals surface area contributed by atoms with Gasteiger partial charge in [0.2, 0.25) is 5.88 Å². The van der Waals surface area contributed by atoms with Crippen LogP contribution >= 0.6 is 0 Å². The number of rotatable bonds is 3. The van der Waals surface area contributed by atoms with E-state index in [-0.39, 0.29) is 17.1 Å². The predicted molar refractivity (Wildman–Crippen MR) is 138 cm³/mol. The lowest BCUT2D eigenvalue weighted by Crippen LogP contribution is -2.29. The Hall–Kier alpha value is -3.66. The van der Waals surface area contributed by atoms with E-state index in [1.54, 1.807) is 12.3 Å². The molecule has 1 saturated carbocycles. The van der Waals surface area contributed by atoms with Gasteiger partial charge in [0.25, 0.3) is 0 Å². The highest BCUT2D eigenvalue weighted by atomic mass is 19.1. The van der Waals surface area contributed by atoms with Crippen molar-refractivity contribution in [3.05, 3.63) is 35.9 Å². The largest absolute Gasteiger partial charge is 0.474 e. The summed E-state index contributed by atoms with van der Waals surface area (Å²) in [7, 11) is 0. The van der Waals surface area contributed by atoms with E-state index in [0.29, 0.717) is 35.4 Å².